The zero-order valence-corrected chi connectivity index (χ0v) is 13.0. The maximum atomic E-state index is 12.0. The van der Waals surface area contributed by atoms with Gasteiger partial charge in [-0.2, -0.15) is 0 Å². The zero-order valence-electron chi connectivity index (χ0n) is 11.4. The number of hydrogen-bond acceptors (Lipinski definition) is 3. The number of anilines is 1. The second-order valence-corrected chi connectivity index (χ2v) is 5.35. The van der Waals surface area contributed by atoms with Crippen LogP contribution in [0.1, 0.15) is 17.2 Å². The smallest absolute Gasteiger partial charge is 0.333 e. The summed E-state index contributed by atoms with van der Waals surface area (Å²) in [5.41, 5.74) is 2.85. The Morgan fingerprint density at radius 1 is 1.20 bits per heavy atom. The molecule has 20 heavy (non-hydrogen) atoms. The molecule has 1 unspecified atom stereocenters. The fourth-order valence-electron chi connectivity index (χ4n) is 1.95. The highest BCUT2D eigenvalue weighted by Gasteiger charge is 2.23. The minimum atomic E-state index is -0.544. The molecule has 0 fully saturated rings. The van der Waals surface area contributed by atoms with Crippen molar-refractivity contribution in [2.75, 3.05) is 12.4 Å². The maximum Gasteiger partial charge on any atom is 0.333 e. The van der Waals surface area contributed by atoms with Gasteiger partial charge in [0.1, 0.15) is 0 Å². The SMILES string of the molecule is COC(=O)C(Nc1ccccc1)c1ccc(C)cc1Br. The molecule has 0 heterocycles. The molecule has 4 heteroatoms. The van der Waals surface area contributed by atoms with Crippen molar-refractivity contribution in [1.82, 2.24) is 0 Å². The van der Waals surface area contributed by atoms with Gasteiger partial charge in [-0.3, -0.25) is 0 Å². The van der Waals surface area contributed by atoms with Crippen LogP contribution in [0.4, 0.5) is 5.69 Å². The number of esters is 1. The summed E-state index contributed by atoms with van der Waals surface area (Å²) in [7, 11) is 1.39. The van der Waals surface area contributed by atoms with Crippen LogP contribution < -0.4 is 5.32 Å². The highest BCUT2D eigenvalue weighted by Crippen LogP contribution is 2.28. The van der Waals surface area contributed by atoms with Crippen LogP contribution in [0, 0.1) is 6.92 Å². The first-order valence-corrected chi connectivity index (χ1v) is 7.06. The molecule has 3 nitrogen and oxygen atoms in total. The second kappa shape index (κ2) is 6.57. The third-order valence-electron chi connectivity index (χ3n) is 2.99. The van der Waals surface area contributed by atoms with Crippen LogP contribution in [0.15, 0.2) is 53.0 Å². The number of nitrogens with one attached hydrogen (secondary N) is 1. The monoisotopic (exact) mass is 333 g/mol. The van der Waals surface area contributed by atoms with Crippen LogP contribution in [0.25, 0.3) is 0 Å². The number of ether oxygens (including phenoxy) is 1. The van der Waals surface area contributed by atoms with Gasteiger partial charge >= 0.3 is 5.97 Å². The summed E-state index contributed by atoms with van der Waals surface area (Å²) in [6, 6.07) is 14.9. The number of halogens is 1. The predicted octanol–water partition coefficient (Wildman–Crippen LogP) is 4.08. The number of hydrogen-bond donors (Lipinski definition) is 1. The van der Waals surface area contributed by atoms with Gasteiger partial charge in [-0.1, -0.05) is 46.3 Å². The van der Waals surface area contributed by atoms with E-state index in [-0.39, 0.29) is 5.97 Å². The van der Waals surface area contributed by atoms with E-state index in [1.807, 2.05) is 55.5 Å². The van der Waals surface area contributed by atoms with Crippen LogP contribution in [0.3, 0.4) is 0 Å². The quantitative estimate of drug-likeness (QED) is 0.856. The summed E-state index contributed by atoms with van der Waals surface area (Å²) in [5, 5.41) is 3.20. The Labute approximate surface area is 127 Å². The lowest BCUT2D eigenvalue weighted by molar-refractivity contribution is -0.141. The van der Waals surface area contributed by atoms with Gasteiger partial charge in [-0.05, 0) is 36.2 Å². The lowest BCUT2D eigenvalue weighted by Gasteiger charge is -2.19. The van der Waals surface area contributed by atoms with Gasteiger partial charge in [0.05, 0.1) is 7.11 Å². The molecule has 0 saturated heterocycles. The molecule has 0 spiro atoms. The molecular formula is C16H16BrNO2. The Kier molecular flexibility index (Phi) is 4.79. The fourth-order valence-corrected chi connectivity index (χ4v) is 2.67. The first-order chi connectivity index (χ1) is 9.61. The summed E-state index contributed by atoms with van der Waals surface area (Å²) in [6.07, 6.45) is 0. The van der Waals surface area contributed by atoms with Crippen molar-refractivity contribution in [3.8, 4) is 0 Å². The Morgan fingerprint density at radius 3 is 2.50 bits per heavy atom. The molecule has 0 bridgehead atoms. The molecule has 1 atom stereocenters. The third kappa shape index (κ3) is 3.39. The van der Waals surface area contributed by atoms with Gasteiger partial charge in [0.2, 0.25) is 0 Å². The number of rotatable bonds is 4. The van der Waals surface area contributed by atoms with Crippen LogP contribution in [0.5, 0.6) is 0 Å². The number of benzene rings is 2. The van der Waals surface area contributed by atoms with Gasteiger partial charge in [0.25, 0.3) is 0 Å². The summed E-state index contributed by atoms with van der Waals surface area (Å²) < 4.78 is 5.79. The van der Waals surface area contributed by atoms with Crippen molar-refractivity contribution in [3.05, 3.63) is 64.1 Å². The zero-order chi connectivity index (χ0) is 14.5. The molecule has 0 aliphatic heterocycles. The molecule has 2 rings (SSSR count). The maximum absolute atomic E-state index is 12.0. The molecule has 0 aromatic heterocycles. The number of carbonyl (C=O) groups excluding carboxylic acids is 1. The van der Waals surface area contributed by atoms with E-state index < -0.39 is 6.04 Å². The molecule has 2 aromatic carbocycles. The molecule has 0 aliphatic rings. The van der Waals surface area contributed by atoms with Crippen molar-refractivity contribution >= 4 is 27.6 Å². The predicted molar refractivity (Wildman–Crippen MR) is 83.7 cm³/mol. The third-order valence-corrected chi connectivity index (χ3v) is 3.68. The van der Waals surface area contributed by atoms with Crippen LogP contribution in [-0.2, 0) is 9.53 Å². The van der Waals surface area contributed by atoms with Gasteiger partial charge in [-0.15, -0.1) is 0 Å². The number of methoxy groups -OCH3 is 1. The van der Waals surface area contributed by atoms with E-state index in [0.29, 0.717) is 0 Å². The molecule has 0 aliphatic carbocycles. The standard InChI is InChI=1S/C16H16BrNO2/c1-11-8-9-13(14(17)10-11)15(16(19)20-2)18-12-6-4-3-5-7-12/h3-10,15,18H,1-2H3. The lowest BCUT2D eigenvalue weighted by atomic mass is 10.0. The Hall–Kier alpha value is -1.81. The fraction of sp³-hybridized carbons (Fsp3) is 0.188. The van der Waals surface area contributed by atoms with Crippen molar-refractivity contribution in [3.63, 3.8) is 0 Å². The second-order valence-electron chi connectivity index (χ2n) is 4.49. The summed E-state index contributed by atoms with van der Waals surface area (Å²) in [5.74, 6) is -0.321. The number of carbonyl (C=O) groups is 1. The number of para-hydroxylation sites is 1. The summed E-state index contributed by atoms with van der Waals surface area (Å²) in [6.45, 7) is 2.01. The van der Waals surface area contributed by atoms with Crippen molar-refractivity contribution in [2.24, 2.45) is 0 Å². The molecular weight excluding hydrogens is 318 g/mol. The number of aryl methyl sites for hydroxylation is 1. The van der Waals surface area contributed by atoms with E-state index >= 15 is 0 Å². The van der Waals surface area contributed by atoms with Crippen molar-refractivity contribution in [2.45, 2.75) is 13.0 Å². The van der Waals surface area contributed by atoms with E-state index in [9.17, 15) is 4.79 Å². The Bertz CT molecular complexity index is 599. The molecule has 104 valence electrons. The highest BCUT2D eigenvalue weighted by atomic mass is 79.9. The normalized spacial score (nSPS) is 11.8. The Morgan fingerprint density at radius 2 is 1.90 bits per heavy atom. The van der Waals surface area contributed by atoms with E-state index in [1.165, 1.54) is 7.11 Å². The topological polar surface area (TPSA) is 38.3 Å². The van der Waals surface area contributed by atoms with E-state index in [2.05, 4.69) is 21.2 Å². The average Bonchev–Trinajstić information content (AvgIpc) is 2.46. The molecule has 0 amide bonds. The molecule has 0 radical (unpaired) electrons. The molecule has 2 aromatic rings. The van der Waals surface area contributed by atoms with E-state index in [1.54, 1.807) is 0 Å². The minimum absolute atomic E-state index is 0.321. The van der Waals surface area contributed by atoms with Gasteiger partial charge in [-0.25, -0.2) is 4.79 Å². The minimum Gasteiger partial charge on any atom is -0.467 e. The van der Waals surface area contributed by atoms with Gasteiger partial charge < -0.3 is 10.1 Å². The molecule has 0 saturated carbocycles. The van der Waals surface area contributed by atoms with Gasteiger partial charge in [0, 0.05) is 10.2 Å². The summed E-state index contributed by atoms with van der Waals surface area (Å²) >= 11 is 3.51. The Balaban J connectivity index is 2.35. The molecule has 1 N–H and O–H groups in total. The first kappa shape index (κ1) is 14.6. The highest BCUT2D eigenvalue weighted by molar-refractivity contribution is 9.10. The van der Waals surface area contributed by atoms with Crippen LogP contribution in [-0.4, -0.2) is 13.1 Å². The lowest BCUT2D eigenvalue weighted by Crippen LogP contribution is -2.22. The largest absolute Gasteiger partial charge is 0.467 e. The van der Waals surface area contributed by atoms with Crippen molar-refractivity contribution < 1.29 is 9.53 Å². The average molecular weight is 334 g/mol. The van der Waals surface area contributed by atoms with E-state index in [4.69, 9.17) is 4.74 Å². The van der Waals surface area contributed by atoms with E-state index in [0.717, 1.165) is 21.3 Å². The first-order valence-electron chi connectivity index (χ1n) is 6.27. The van der Waals surface area contributed by atoms with Crippen LogP contribution in [0.2, 0.25) is 0 Å². The van der Waals surface area contributed by atoms with Gasteiger partial charge in [0.15, 0.2) is 6.04 Å². The van der Waals surface area contributed by atoms with Crippen molar-refractivity contribution in [1.29, 1.82) is 0 Å². The summed E-state index contributed by atoms with van der Waals surface area (Å²) in [4.78, 5) is 12.0. The van der Waals surface area contributed by atoms with Crippen LogP contribution >= 0.6 is 15.9 Å².